The normalized spacial score (nSPS) is 10.2. The van der Waals surface area contributed by atoms with E-state index in [1.807, 2.05) is 41.8 Å². The highest BCUT2D eigenvalue weighted by atomic mass is 16.5. The molecule has 5 nitrogen and oxygen atoms in total. The van der Waals surface area contributed by atoms with Crippen LogP contribution < -0.4 is 5.32 Å². The van der Waals surface area contributed by atoms with Crippen molar-refractivity contribution in [3.63, 3.8) is 0 Å². The van der Waals surface area contributed by atoms with Gasteiger partial charge < -0.3 is 14.6 Å². The lowest BCUT2D eigenvalue weighted by Gasteiger charge is -2.08. The Balaban J connectivity index is 1.66. The summed E-state index contributed by atoms with van der Waals surface area (Å²) in [5, 5.41) is 2.71. The van der Waals surface area contributed by atoms with Gasteiger partial charge in [0.05, 0.1) is 6.33 Å². The van der Waals surface area contributed by atoms with Gasteiger partial charge in [0, 0.05) is 25.0 Å². The average molecular weight is 259 g/mol. The molecule has 1 amide bonds. The van der Waals surface area contributed by atoms with E-state index in [-0.39, 0.29) is 6.61 Å². The summed E-state index contributed by atoms with van der Waals surface area (Å²) >= 11 is 0. The summed E-state index contributed by atoms with van der Waals surface area (Å²) in [6.07, 6.45) is 3.13. The number of hydrogen-bond donors (Lipinski definition) is 1. The third kappa shape index (κ3) is 4.13. The van der Waals surface area contributed by atoms with E-state index in [1.54, 1.807) is 12.5 Å². The molecule has 0 spiro atoms. The zero-order chi connectivity index (χ0) is 13.5. The van der Waals surface area contributed by atoms with E-state index in [2.05, 4.69) is 10.3 Å². The largest absolute Gasteiger partial charge is 0.445 e. The van der Waals surface area contributed by atoms with E-state index in [4.69, 9.17) is 4.74 Å². The van der Waals surface area contributed by atoms with Crippen molar-refractivity contribution in [2.75, 3.05) is 6.54 Å². The predicted molar refractivity (Wildman–Crippen MR) is 71.6 cm³/mol. The smallest absolute Gasteiger partial charge is 0.407 e. The molecule has 0 aliphatic carbocycles. The molecule has 100 valence electrons. The Hall–Kier alpha value is -2.30. The van der Waals surface area contributed by atoms with Gasteiger partial charge in [0.1, 0.15) is 6.61 Å². The van der Waals surface area contributed by atoms with Crippen molar-refractivity contribution in [2.24, 2.45) is 0 Å². The lowest BCUT2D eigenvalue weighted by atomic mass is 10.2. The SMILES string of the molecule is Cc1cncn1CCNC(=O)OCc1ccccc1. The van der Waals surface area contributed by atoms with Crippen molar-refractivity contribution in [1.29, 1.82) is 0 Å². The molecule has 0 saturated carbocycles. The molecular formula is C14H17N3O2. The third-order valence-corrected chi connectivity index (χ3v) is 2.76. The van der Waals surface area contributed by atoms with Crippen molar-refractivity contribution in [1.82, 2.24) is 14.9 Å². The van der Waals surface area contributed by atoms with Crippen LogP contribution in [-0.2, 0) is 17.9 Å². The standard InChI is InChI=1S/C14H17N3O2/c1-12-9-15-11-17(12)8-7-16-14(18)19-10-13-5-3-2-4-6-13/h2-6,9,11H,7-8,10H2,1H3,(H,16,18). The van der Waals surface area contributed by atoms with E-state index in [9.17, 15) is 4.79 Å². The Kier molecular flexibility index (Phi) is 4.55. The molecule has 1 aromatic heterocycles. The minimum atomic E-state index is -0.401. The van der Waals surface area contributed by atoms with Crippen LogP contribution in [0.3, 0.4) is 0 Å². The minimum absolute atomic E-state index is 0.288. The van der Waals surface area contributed by atoms with Gasteiger partial charge in [0.15, 0.2) is 0 Å². The van der Waals surface area contributed by atoms with Gasteiger partial charge in [0.25, 0.3) is 0 Å². The highest BCUT2D eigenvalue weighted by Gasteiger charge is 2.02. The Labute approximate surface area is 112 Å². The maximum Gasteiger partial charge on any atom is 0.407 e. The fourth-order valence-electron chi connectivity index (χ4n) is 1.67. The van der Waals surface area contributed by atoms with Crippen molar-refractivity contribution in [2.45, 2.75) is 20.1 Å². The van der Waals surface area contributed by atoms with Crippen LogP contribution >= 0.6 is 0 Å². The fraction of sp³-hybridized carbons (Fsp3) is 0.286. The Morgan fingerprint density at radius 2 is 2.16 bits per heavy atom. The summed E-state index contributed by atoms with van der Waals surface area (Å²) in [6, 6.07) is 9.60. The molecule has 1 aromatic carbocycles. The first kappa shape index (κ1) is 13.1. The molecule has 2 rings (SSSR count). The molecule has 0 saturated heterocycles. The number of hydrogen-bond acceptors (Lipinski definition) is 3. The molecule has 0 aliphatic heterocycles. The van der Waals surface area contributed by atoms with E-state index in [0.29, 0.717) is 13.1 Å². The van der Waals surface area contributed by atoms with E-state index >= 15 is 0 Å². The van der Waals surface area contributed by atoms with Gasteiger partial charge in [-0.3, -0.25) is 0 Å². The fourth-order valence-corrected chi connectivity index (χ4v) is 1.67. The summed E-state index contributed by atoms with van der Waals surface area (Å²) in [6.45, 7) is 3.47. The van der Waals surface area contributed by atoms with Crippen molar-refractivity contribution >= 4 is 6.09 Å². The molecule has 5 heteroatoms. The number of aryl methyl sites for hydroxylation is 1. The van der Waals surface area contributed by atoms with Gasteiger partial charge in [-0.1, -0.05) is 30.3 Å². The van der Waals surface area contributed by atoms with Crippen LogP contribution in [0.2, 0.25) is 0 Å². The highest BCUT2D eigenvalue weighted by Crippen LogP contribution is 2.00. The topological polar surface area (TPSA) is 56.2 Å². The molecule has 1 N–H and O–H groups in total. The molecule has 0 radical (unpaired) electrons. The molecule has 1 heterocycles. The van der Waals surface area contributed by atoms with Crippen LogP contribution in [0.5, 0.6) is 0 Å². The van der Waals surface area contributed by atoms with Gasteiger partial charge >= 0.3 is 6.09 Å². The number of imidazole rings is 1. The second kappa shape index (κ2) is 6.58. The maximum atomic E-state index is 11.5. The van der Waals surface area contributed by atoms with Crippen LogP contribution in [0.1, 0.15) is 11.3 Å². The first-order valence-corrected chi connectivity index (χ1v) is 6.17. The number of carbonyl (C=O) groups excluding carboxylic acids is 1. The average Bonchev–Trinajstić information content (AvgIpc) is 2.83. The van der Waals surface area contributed by atoms with Crippen LogP contribution in [0.25, 0.3) is 0 Å². The number of aromatic nitrogens is 2. The number of benzene rings is 1. The van der Waals surface area contributed by atoms with Crippen molar-refractivity contribution < 1.29 is 9.53 Å². The van der Waals surface area contributed by atoms with Crippen LogP contribution in [0.4, 0.5) is 4.79 Å². The summed E-state index contributed by atoms with van der Waals surface area (Å²) in [5.74, 6) is 0. The molecule has 2 aromatic rings. The second-order valence-electron chi connectivity index (χ2n) is 4.22. The van der Waals surface area contributed by atoms with Crippen LogP contribution in [-0.4, -0.2) is 22.2 Å². The van der Waals surface area contributed by atoms with Gasteiger partial charge in [-0.15, -0.1) is 0 Å². The summed E-state index contributed by atoms with van der Waals surface area (Å²) in [5.41, 5.74) is 2.04. The van der Waals surface area contributed by atoms with Gasteiger partial charge in [-0.25, -0.2) is 9.78 Å². The third-order valence-electron chi connectivity index (χ3n) is 2.76. The Morgan fingerprint density at radius 3 is 2.84 bits per heavy atom. The minimum Gasteiger partial charge on any atom is -0.445 e. The number of nitrogens with one attached hydrogen (secondary N) is 1. The zero-order valence-electron chi connectivity index (χ0n) is 10.9. The number of amides is 1. The summed E-state index contributed by atoms with van der Waals surface area (Å²) in [4.78, 5) is 15.5. The quantitative estimate of drug-likeness (QED) is 0.894. The number of carbonyl (C=O) groups is 1. The van der Waals surface area contributed by atoms with Gasteiger partial charge in [-0.2, -0.15) is 0 Å². The van der Waals surface area contributed by atoms with Crippen LogP contribution in [0, 0.1) is 6.92 Å². The summed E-state index contributed by atoms with van der Waals surface area (Å²) in [7, 11) is 0. The number of ether oxygens (including phenoxy) is 1. The van der Waals surface area contributed by atoms with Crippen molar-refractivity contribution in [3.8, 4) is 0 Å². The number of rotatable bonds is 5. The highest BCUT2D eigenvalue weighted by molar-refractivity contribution is 5.67. The predicted octanol–water partition coefficient (Wildman–Crippen LogP) is 2.12. The summed E-state index contributed by atoms with van der Waals surface area (Å²) < 4.78 is 7.07. The molecule has 0 unspecified atom stereocenters. The van der Waals surface area contributed by atoms with E-state index in [1.165, 1.54) is 0 Å². The molecule has 0 atom stereocenters. The first-order valence-electron chi connectivity index (χ1n) is 6.17. The molecule has 0 bridgehead atoms. The van der Waals surface area contributed by atoms with Crippen LogP contribution in [0.15, 0.2) is 42.9 Å². The number of alkyl carbamates (subject to hydrolysis) is 1. The van der Waals surface area contributed by atoms with Gasteiger partial charge in [-0.05, 0) is 12.5 Å². The second-order valence-corrected chi connectivity index (χ2v) is 4.22. The monoisotopic (exact) mass is 259 g/mol. The van der Waals surface area contributed by atoms with E-state index in [0.717, 1.165) is 11.3 Å². The van der Waals surface area contributed by atoms with E-state index < -0.39 is 6.09 Å². The lowest BCUT2D eigenvalue weighted by Crippen LogP contribution is -2.27. The Bertz CT molecular complexity index is 522. The maximum absolute atomic E-state index is 11.5. The number of nitrogens with zero attached hydrogens (tertiary/aromatic N) is 2. The molecule has 0 fully saturated rings. The first-order chi connectivity index (χ1) is 9.25. The van der Waals surface area contributed by atoms with Gasteiger partial charge in [0.2, 0.25) is 0 Å². The molecule has 19 heavy (non-hydrogen) atoms. The lowest BCUT2D eigenvalue weighted by molar-refractivity contribution is 0.139. The Morgan fingerprint density at radius 1 is 1.37 bits per heavy atom. The molecular weight excluding hydrogens is 242 g/mol. The molecule has 0 aliphatic rings. The zero-order valence-corrected chi connectivity index (χ0v) is 10.9. The van der Waals surface area contributed by atoms with Crippen molar-refractivity contribution in [3.05, 3.63) is 54.1 Å².